The number of rotatable bonds is 10. The van der Waals surface area contributed by atoms with Gasteiger partial charge in [0.25, 0.3) is 11.8 Å². The highest BCUT2D eigenvalue weighted by Gasteiger charge is 2.42. The SMILES string of the molecule is CCCCCCN1C(=O)C(c2ccc(OCCC)cc2)=C(N2CC(C)CC(C)C2)C1=O. The summed E-state index contributed by atoms with van der Waals surface area (Å²) in [5.74, 6) is 1.53. The summed E-state index contributed by atoms with van der Waals surface area (Å²) >= 11 is 0. The minimum Gasteiger partial charge on any atom is -0.494 e. The minimum atomic E-state index is -0.149. The highest BCUT2D eigenvalue weighted by atomic mass is 16.5. The first-order chi connectivity index (χ1) is 15.0. The molecule has 0 N–H and O–H groups in total. The number of unbranched alkanes of at least 4 members (excludes halogenated alkanes) is 3. The Hall–Kier alpha value is -2.30. The molecule has 2 amide bonds. The Morgan fingerprint density at radius 1 is 0.903 bits per heavy atom. The third-order valence-electron chi connectivity index (χ3n) is 6.18. The monoisotopic (exact) mass is 426 g/mol. The van der Waals surface area contributed by atoms with Crippen LogP contribution in [-0.4, -0.2) is 47.9 Å². The number of imide groups is 1. The lowest BCUT2D eigenvalue weighted by molar-refractivity contribution is -0.137. The average Bonchev–Trinajstić information content (AvgIpc) is 2.99. The van der Waals surface area contributed by atoms with Gasteiger partial charge in [-0.1, -0.05) is 59.1 Å². The van der Waals surface area contributed by atoms with Crippen LogP contribution >= 0.6 is 0 Å². The number of hydrogen-bond donors (Lipinski definition) is 0. The zero-order valence-corrected chi connectivity index (χ0v) is 19.7. The van der Waals surface area contributed by atoms with Crippen molar-refractivity contribution in [1.82, 2.24) is 9.80 Å². The molecule has 2 aliphatic heterocycles. The van der Waals surface area contributed by atoms with Crippen LogP contribution in [0.1, 0.15) is 71.8 Å². The first-order valence-corrected chi connectivity index (χ1v) is 12.0. The van der Waals surface area contributed by atoms with Crippen molar-refractivity contribution in [3.05, 3.63) is 35.5 Å². The normalized spacial score (nSPS) is 21.9. The molecule has 1 fully saturated rings. The summed E-state index contributed by atoms with van der Waals surface area (Å²) in [5.41, 5.74) is 1.96. The van der Waals surface area contributed by atoms with Crippen LogP contribution in [0.4, 0.5) is 0 Å². The van der Waals surface area contributed by atoms with E-state index in [4.69, 9.17) is 4.74 Å². The van der Waals surface area contributed by atoms with E-state index in [9.17, 15) is 9.59 Å². The Morgan fingerprint density at radius 2 is 1.58 bits per heavy atom. The fraction of sp³-hybridized carbons (Fsp3) is 0.615. The third kappa shape index (κ3) is 5.50. The molecule has 0 spiro atoms. The number of amides is 2. The highest BCUT2D eigenvalue weighted by molar-refractivity contribution is 6.35. The van der Waals surface area contributed by atoms with Crippen molar-refractivity contribution >= 4 is 17.4 Å². The molecule has 5 nitrogen and oxygen atoms in total. The molecule has 5 heteroatoms. The van der Waals surface area contributed by atoms with Gasteiger partial charge < -0.3 is 9.64 Å². The summed E-state index contributed by atoms with van der Waals surface area (Å²) in [5, 5.41) is 0. The van der Waals surface area contributed by atoms with Gasteiger partial charge in [-0.15, -0.1) is 0 Å². The topological polar surface area (TPSA) is 49.9 Å². The number of piperidine rings is 1. The number of hydrogen-bond acceptors (Lipinski definition) is 4. The summed E-state index contributed by atoms with van der Waals surface area (Å²) in [6, 6.07) is 7.64. The van der Waals surface area contributed by atoms with E-state index in [1.807, 2.05) is 24.3 Å². The van der Waals surface area contributed by atoms with Gasteiger partial charge in [0.05, 0.1) is 12.2 Å². The Bertz CT molecular complexity index is 789. The summed E-state index contributed by atoms with van der Waals surface area (Å²) < 4.78 is 5.70. The molecule has 0 bridgehead atoms. The maximum absolute atomic E-state index is 13.5. The van der Waals surface area contributed by atoms with E-state index in [1.165, 1.54) is 4.90 Å². The second-order valence-electron chi connectivity index (χ2n) is 9.27. The van der Waals surface area contributed by atoms with Crippen LogP contribution < -0.4 is 4.74 Å². The molecule has 0 aliphatic carbocycles. The molecular formula is C26H38N2O3. The lowest BCUT2D eigenvalue weighted by Crippen LogP contribution is -2.42. The standard InChI is InChI=1S/C26H38N2O3/c1-5-7-8-9-14-28-25(29)23(21-10-12-22(13-11-21)31-15-6-2)24(26(28)30)27-17-19(3)16-20(4)18-27/h10-13,19-20H,5-9,14-18H2,1-4H3. The van der Waals surface area contributed by atoms with E-state index in [1.54, 1.807) is 0 Å². The molecule has 1 aromatic rings. The van der Waals surface area contributed by atoms with Gasteiger partial charge in [0.2, 0.25) is 0 Å². The lowest BCUT2D eigenvalue weighted by atomic mass is 9.91. The molecular weight excluding hydrogens is 388 g/mol. The van der Waals surface area contributed by atoms with Crippen LogP contribution in [0.2, 0.25) is 0 Å². The average molecular weight is 427 g/mol. The number of nitrogens with zero attached hydrogens (tertiary/aromatic N) is 2. The smallest absolute Gasteiger partial charge is 0.277 e. The predicted molar refractivity (Wildman–Crippen MR) is 125 cm³/mol. The van der Waals surface area contributed by atoms with Crippen molar-refractivity contribution in [2.24, 2.45) is 11.8 Å². The van der Waals surface area contributed by atoms with Crippen molar-refractivity contribution in [1.29, 1.82) is 0 Å². The van der Waals surface area contributed by atoms with Crippen molar-refractivity contribution in [2.75, 3.05) is 26.2 Å². The summed E-state index contributed by atoms with van der Waals surface area (Å²) in [6.07, 6.45) is 6.27. The van der Waals surface area contributed by atoms with Gasteiger partial charge in [-0.2, -0.15) is 0 Å². The lowest BCUT2D eigenvalue weighted by Gasteiger charge is -2.37. The summed E-state index contributed by atoms with van der Waals surface area (Å²) in [7, 11) is 0. The van der Waals surface area contributed by atoms with Crippen LogP contribution in [0.15, 0.2) is 30.0 Å². The second kappa shape index (κ2) is 10.8. The number of carbonyl (C=O) groups is 2. The Labute approximate surface area is 187 Å². The molecule has 3 rings (SSSR count). The van der Waals surface area contributed by atoms with Gasteiger partial charge in [0.15, 0.2) is 0 Å². The maximum Gasteiger partial charge on any atom is 0.277 e. The number of ether oxygens (including phenoxy) is 1. The Kier molecular flexibility index (Phi) is 8.16. The molecule has 0 radical (unpaired) electrons. The van der Waals surface area contributed by atoms with Gasteiger partial charge in [0.1, 0.15) is 11.4 Å². The van der Waals surface area contributed by atoms with E-state index < -0.39 is 0 Å². The summed E-state index contributed by atoms with van der Waals surface area (Å²) in [4.78, 5) is 30.6. The highest BCUT2D eigenvalue weighted by Crippen LogP contribution is 2.35. The zero-order valence-electron chi connectivity index (χ0n) is 19.7. The van der Waals surface area contributed by atoms with E-state index in [0.29, 0.717) is 36.3 Å². The van der Waals surface area contributed by atoms with Crippen LogP contribution in [0, 0.1) is 11.8 Å². The van der Waals surface area contributed by atoms with Gasteiger partial charge in [-0.3, -0.25) is 14.5 Å². The zero-order chi connectivity index (χ0) is 22.4. The molecule has 1 aromatic carbocycles. The van der Waals surface area contributed by atoms with Gasteiger partial charge >= 0.3 is 0 Å². The fourth-order valence-corrected chi connectivity index (χ4v) is 4.80. The van der Waals surface area contributed by atoms with Crippen LogP contribution in [-0.2, 0) is 9.59 Å². The Morgan fingerprint density at radius 3 is 2.19 bits per heavy atom. The van der Waals surface area contributed by atoms with E-state index >= 15 is 0 Å². The van der Waals surface area contributed by atoms with Crippen molar-refractivity contribution in [3.63, 3.8) is 0 Å². The molecule has 2 aliphatic rings. The van der Waals surface area contributed by atoms with E-state index in [2.05, 4.69) is 32.6 Å². The molecule has 2 heterocycles. The van der Waals surface area contributed by atoms with Crippen LogP contribution in [0.3, 0.4) is 0 Å². The summed E-state index contributed by atoms with van der Waals surface area (Å²) in [6.45, 7) is 11.5. The molecule has 31 heavy (non-hydrogen) atoms. The molecule has 2 atom stereocenters. The fourth-order valence-electron chi connectivity index (χ4n) is 4.80. The first-order valence-electron chi connectivity index (χ1n) is 12.0. The quantitative estimate of drug-likeness (QED) is 0.385. The van der Waals surface area contributed by atoms with Crippen LogP contribution in [0.5, 0.6) is 5.75 Å². The molecule has 170 valence electrons. The van der Waals surface area contributed by atoms with Gasteiger partial charge in [-0.25, -0.2) is 0 Å². The maximum atomic E-state index is 13.5. The third-order valence-corrected chi connectivity index (χ3v) is 6.18. The second-order valence-corrected chi connectivity index (χ2v) is 9.27. The Balaban J connectivity index is 1.91. The van der Waals surface area contributed by atoms with Gasteiger partial charge in [-0.05, 0) is 48.8 Å². The van der Waals surface area contributed by atoms with Gasteiger partial charge in [0, 0.05) is 19.6 Å². The first kappa shape index (κ1) is 23.4. The van der Waals surface area contributed by atoms with E-state index in [-0.39, 0.29) is 11.8 Å². The molecule has 0 aromatic heterocycles. The van der Waals surface area contributed by atoms with Crippen molar-refractivity contribution in [2.45, 2.75) is 66.2 Å². The number of carbonyl (C=O) groups excluding carboxylic acids is 2. The van der Waals surface area contributed by atoms with Crippen LogP contribution in [0.25, 0.3) is 5.57 Å². The molecule has 1 saturated heterocycles. The number of likely N-dealkylation sites (tertiary alicyclic amines) is 1. The minimum absolute atomic E-state index is 0.121. The van der Waals surface area contributed by atoms with Crippen molar-refractivity contribution < 1.29 is 14.3 Å². The molecule has 2 unspecified atom stereocenters. The molecule has 0 saturated carbocycles. The largest absolute Gasteiger partial charge is 0.494 e. The van der Waals surface area contributed by atoms with E-state index in [0.717, 1.165) is 62.9 Å². The number of benzene rings is 1. The predicted octanol–water partition coefficient (Wildman–Crippen LogP) is 5.11. The van der Waals surface area contributed by atoms with Crippen molar-refractivity contribution in [3.8, 4) is 5.75 Å².